The molecule has 0 bridgehead atoms. The van der Waals surface area contributed by atoms with Crippen LogP contribution in [0.2, 0.25) is 0 Å². The van der Waals surface area contributed by atoms with E-state index in [-0.39, 0.29) is 46.8 Å². The molecule has 12 nitrogen and oxygen atoms in total. The van der Waals surface area contributed by atoms with Gasteiger partial charge in [0.2, 0.25) is 0 Å². The number of sulfonamides is 1. The smallest absolute Gasteiger partial charge is 0.297 e. The molecule has 2 N–H and O–H groups in total. The molecule has 4 aliphatic rings. The number of benzene rings is 2. The summed E-state index contributed by atoms with van der Waals surface area (Å²) in [5.74, 6) is -1.33. The number of rotatable bonds is 6. The Hall–Kier alpha value is -3.78. The Morgan fingerprint density at radius 2 is 1.86 bits per heavy atom. The number of piperidine rings is 1. The number of hydrogen-bond acceptors (Lipinski definition) is 10. The summed E-state index contributed by atoms with van der Waals surface area (Å²) in [5, 5.41) is 15.0. The van der Waals surface area contributed by atoms with Crippen molar-refractivity contribution < 1.29 is 36.8 Å². The van der Waals surface area contributed by atoms with Gasteiger partial charge in [0.1, 0.15) is 18.2 Å². The Morgan fingerprint density at radius 3 is 2.50 bits per heavy atom. The molecule has 1 atom stereocenters. The lowest BCUT2D eigenvalue weighted by Crippen LogP contribution is -2.47. The van der Waals surface area contributed by atoms with E-state index in [0.29, 0.717) is 44.8 Å². The number of nitrogens with zero attached hydrogens (tertiary/aromatic N) is 2. The van der Waals surface area contributed by atoms with Gasteiger partial charge in [-0.05, 0) is 55.2 Å². The molecule has 42 heavy (non-hydrogen) atoms. The third kappa shape index (κ3) is 5.40. The standard InChI is InChI=1S/C28H31FN4O8S/c29-21-11-18(1-2-23(21)32-7-5-28(6-8-32)14-19(34)15-28)27(35)31-42(38,39)20-12-24(33(36)37)26-25(13-20)41-16-22(30-26)17-3-9-40-10-4-17/h1-2,11-13,17,22,30H,3-10,14-16H2,(H,31,35)/t22-/m0/s1. The lowest BCUT2D eigenvalue weighted by atomic mass is 9.62. The van der Waals surface area contributed by atoms with E-state index in [2.05, 4.69) is 5.32 Å². The number of ether oxygens (including phenoxy) is 2. The van der Waals surface area contributed by atoms with Crippen molar-refractivity contribution in [2.45, 2.75) is 49.5 Å². The summed E-state index contributed by atoms with van der Waals surface area (Å²) < 4.78 is 54.4. The zero-order chi connectivity index (χ0) is 29.6. The van der Waals surface area contributed by atoms with Gasteiger partial charge in [0, 0.05) is 56.8 Å². The van der Waals surface area contributed by atoms with Gasteiger partial charge in [-0.3, -0.25) is 19.7 Å². The lowest BCUT2D eigenvalue weighted by molar-refractivity contribution is -0.384. The van der Waals surface area contributed by atoms with Gasteiger partial charge in [0.15, 0.2) is 11.4 Å². The number of carbonyl (C=O) groups is 2. The lowest BCUT2D eigenvalue weighted by Gasteiger charge is -2.47. The van der Waals surface area contributed by atoms with Crippen molar-refractivity contribution in [3.05, 3.63) is 51.8 Å². The summed E-state index contributed by atoms with van der Waals surface area (Å²) in [6, 6.07) is 5.54. The van der Waals surface area contributed by atoms with Crippen LogP contribution in [0, 0.1) is 27.3 Å². The molecule has 2 saturated heterocycles. The average molecular weight is 603 g/mol. The maximum absolute atomic E-state index is 15.1. The van der Waals surface area contributed by atoms with Crippen LogP contribution < -0.4 is 19.7 Å². The molecule has 3 heterocycles. The fourth-order valence-corrected chi connectivity index (χ4v) is 7.43. The maximum atomic E-state index is 15.1. The molecule has 3 aliphatic heterocycles. The predicted octanol–water partition coefficient (Wildman–Crippen LogP) is 3.40. The van der Waals surface area contributed by atoms with E-state index in [1.807, 2.05) is 9.62 Å². The van der Waals surface area contributed by atoms with Gasteiger partial charge >= 0.3 is 0 Å². The summed E-state index contributed by atoms with van der Waals surface area (Å²) in [5.41, 5.74) is -0.316. The van der Waals surface area contributed by atoms with Gasteiger partial charge in [-0.25, -0.2) is 17.5 Å². The van der Waals surface area contributed by atoms with E-state index >= 15 is 4.39 Å². The van der Waals surface area contributed by atoms with Crippen LogP contribution in [0.15, 0.2) is 35.2 Å². The van der Waals surface area contributed by atoms with Crippen molar-refractivity contribution in [2.24, 2.45) is 11.3 Å². The second-order valence-corrected chi connectivity index (χ2v) is 13.2. The molecular weight excluding hydrogens is 571 g/mol. The Kier molecular flexibility index (Phi) is 7.29. The van der Waals surface area contributed by atoms with Crippen molar-refractivity contribution in [1.82, 2.24) is 4.72 Å². The minimum atomic E-state index is -4.58. The molecule has 0 aromatic heterocycles. The first-order valence-corrected chi connectivity index (χ1v) is 15.4. The van der Waals surface area contributed by atoms with Crippen molar-refractivity contribution in [2.75, 3.05) is 43.1 Å². The third-order valence-corrected chi connectivity index (χ3v) is 10.2. The van der Waals surface area contributed by atoms with Crippen LogP contribution >= 0.6 is 0 Å². The number of hydrogen-bond donors (Lipinski definition) is 2. The second kappa shape index (κ2) is 10.8. The van der Waals surface area contributed by atoms with Gasteiger partial charge < -0.3 is 19.7 Å². The highest BCUT2D eigenvalue weighted by atomic mass is 32.2. The van der Waals surface area contributed by atoms with E-state index in [0.717, 1.165) is 43.9 Å². The normalized spacial score (nSPS) is 22.0. The minimum absolute atomic E-state index is 0.00897. The van der Waals surface area contributed by atoms with Crippen LogP contribution in [0.5, 0.6) is 5.75 Å². The Balaban J connectivity index is 1.16. The van der Waals surface area contributed by atoms with Crippen molar-refractivity contribution in [1.29, 1.82) is 0 Å². The first-order valence-electron chi connectivity index (χ1n) is 14.0. The first kappa shape index (κ1) is 28.3. The SMILES string of the molecule is O=C1CC2(CCN(c3ccc(C(=O)NS(=O)(=O)c4cc5c(c([N+](=O)[O-])c4)N[C@H](C4CCOCC4)CO5)cc3F)CC2)C1. The fourth-order valence-electron chi connectivity index (χ4n) is 6.42. The number of fused-ring (bicyclic) bond motifs is 1. The van der Waals surface area contributed by atoms with Gasteiger partial charge in [-0.1, -0.05) is 0 Å². The van der Waals surface area contributed by atoms with Gasteiger partial charge in [0.05, 0.1) is 21.5 Å². The number of Topliss-reactive ketones (excluding diaryl/α,β-unsaturated/α-hetero) is 1. The predicted molar refractivity (Wildman–Crippen MR) is 149 cm³/mol. The molecule has 1 amide bonds. The summed E-state index contributed by atoms with van der Waals surface area (Å²) in [7, 11) is -4.58. The maximum Gasteiger partial charge on any atom is 0.297 e. The van der Waals surface area contributed by atoms with E-state index in [1.54, 1.807) is 0 Å². The van der Waals surface area contributed by atoms with Crippen molar-refractivity contribution in [3.8, 4) is 5.75 Å². The molecule has 6 rings (SSSR count). The highest BCUT2D eigenvalue weighted by molar-refractivity contribution is 7.90. The average Bonchev–Trinajstić information content (AvgIpc) is 2.96. The topological polar surface area (TPSA) is 157 Å². The van der Waals surface area contributed by atoms with Crippen LogP contribution in [0.4, 0.5) is 21.5 Å². The number of halogens is 1. The molecule has 14 heteroatoms. The Labute approximate surface area is 241 Å². The summed E-state index contributed by atoms with van der Waals surface area (Å²) in [6.45, 7) is 2.51. The van der Waals surface area contributed by atoms with Gasteiger partial charge in [0.25, 0.3) is 21.6 Å². The number of nitro benzene ring substituents is 1. The molecule has 2 aromatic rings. The molecule has 0 unspecified atom stereocenters. The molecule has 2 aromatic carbocycles. The monoisotopic (exact) mass is 602 g/mol. The van der Waals surface area contributed by atoms with Gasteiger partial charge in [-0.2, -0.15) is 0 Å². The minimum Gasteiger partial charge on any atom is -0.489 e. The number of carbonyl (C=O) groups excluding carboxylic acids is 2. The molecular formula is C28H31FN4O8S. The van der Waals surface area contributed by atoms with Crippen LogP contribution in [0.3, 0.4) is 0 Å². The van der Waals surface area contributed by atoms with Crippen LogP contribution in [-0.4, -0.2) is 64.0 Å². The second-order valence-electron chi connectivity index (χ2n) is 11.6. The van der Waals surface area contributed by atoms with Crippen LogP contribution in [0.1, 0.15) is 48.9 Å². The largest absolute Gasteiger partial charge is 0.489 e. The molecule has 0 radical (unpaired) electrons. The molecule has 3 fully saturated rings. The fraction of sp³-hybridized carbons (Fsp3) is 0.500. The van der Waals surface area contributed by atoms with E-state index in [4.69, 9.17) is 9.47 Å². The van der Waals surface area contributed by atoms with Crippen molar-refractivity contribution in [3.63, 3.8) is 0 Å². The number of amides is 1. The number of ketones is 1. The molecule has 224 valence electrons. The summed E-state index contributed by atoms with van der Waals surface area (Å²) in [6.07, 6.45) is 4.24. The number of nitrogens with one attached hydrogen (secondary N) is 2. The van der Waals surface area contributed by atoms with E-state index in [1.165, 1.54) is 12.1 Å². The number of nitro groups is 1. The van der Waals surface area contributed by atoms with Crippen LogP contribution in [0.25, 0.3) is 0 Å². The Morgan fingerprint density at radius 1 is 1.14 bits per heavy atom. The quantitative estimate of drug-likeness (QED) is 0.371. The summed E-state index contributed by atoms with van der Waals surface area (Å²) in [4.78, 5) is 36.8. The molecule has 1 spiro atoms. The zero-order valence-corrected chi connectivity index (χ0v) is 23.6. The molecule has 1 saturated carbocycles. The molecule has 1 aliphatic carbocycles. The van der Waals surface area contributed by atoms with E-state index in [9.17, 15) is 28.1 Å². The Bertz CT molecular complexity index is 1540. The van der Waals surface area contributed by atoms with E-state index < -0.39 is 37.3 Å². The number of anilines is 2. The first-order chi connectivity index (χ1) is 20.0. The summed E-state index contributed by atoms with van der Waals surface area (Å²) >= 11 is 0. The highest BCUT2D eigenvalue weighted by Crippen LogP contribution is 2.47. The van der Waals surface area contributed by atoms with Crippen molar-refractivity contribution >= 4 is 38.8 Å². The zero-order valence-electron chi connectivity index (χ0n) is 22.8. The third-order valence-electron chi connectivity index (χ3n) is 8.89. The van der Waals surface area contributed by atoms with Gasteiger partial charge in [-0.15, -0.1) is 0 Å². The van der Waals surface area contributed by atoms with Crippen LogP contribution in [-0.2, 0) is 19.6 Å². The highest BCUT2D eigenvalue weighted by Gasteiger charge is 2.45.